The first kappa shape index (κ1) is 18.1. The van der Waals surface area contributed by atoms with Gasteiger partial charge in [-0.3, -0.25) is 0 Å². The summed E-state index contributed by atoms with van der Waals surface area (Å²) in [6, 6.07) is 3.71. The van der Waals surface area contributed by atoms with E-state index in [1.165, 1.54) is 12.8 Å². The Morgan fingerprint density at radius 3 is 2.35 bits per heavy atom. The van der Waals surface area contributed by atoms with Crippen LogP contribution in [0.15, 0.2) is 31.6 Å². The molecule has 2 nitrogen and oxygen atoms in total. The van der Waals surface area contributed by atoms with Gasteiger partial charge >= 0.3 is 0 Å². The van der Waals surface area contributed by atoms with E-state index < -0.39 is 0 Å². The molecule has 1 aromatic rings. The average Bonchev–Trinajstić information content (AvgIpc) is 2.36. The van der Waals surface area contributed by atoms with Crippen molar-refractivity contribution in [1.29, 1.82) is 0 Å². The van der Waals surface area contributed by atoms with Gasteiger partial charge in [-0.15, -0.1) is 0 Å². The van der Waals surface area contributed by atoms with Crippen LogP contribution in [0.4, 0.5) is 0 Å². The third kappa shape index (κ3) is 6.70. The third-order valence-corrected chi connectivity index (χ3v) is 3.94. The second-order valence-corrected chi connectivity index (χ2v) is 6.79. The van der Waals surface area contributed by atoms with Crippen molar-refractivity contribution in [3.8, 4) is 11.5 Å². The van der Waals surface area contributed by atoms with Crippen molar-refractivity contribution in [3.05, 3.63) is 31.6 Å². The van der Waals surface area contributed by atoms with Crippen LogP contribution >= 0.6 is 55.1 Å². The molecule has 0 aliphatic heterocycles. The second-order valence-electron chi connectivity index (χ2n) is 4.08. The molecule has 0 aliphatic rings. The Bertz CT molecular complexity index is 437. The summed E-state index contributed by atoms with van der Waals surface area (Å²) in [7, 11) is 0. The molecule has 0 saturated heterocycles. The summed E-state index contributed by atoms with van der Waals surface area (Å²) in [5.74, 6) is 1.50. The molecule has 1 aromatic carbocycles. The summed E-state index contributed by atoms with van der Waals surface area (Å²) < 4.78 is 13.2. The predicted molar refractivity (Wildman–Crippen MR) is 92.1 cm³/mol. The van der Waals surface area contributed by atoms with E-state index in [1.807, 2.05) is 12.1 Å². The Kier molecular flexibility index (Phi) is 9.01. The Morgan fingerprint density at radius 1 is 1.15 bits per heavy atom. The number of hydrogen-bond donors (Lipinski definition) is 0. The Morgan fingerprint density at radius 2 is 1.80 bits per heavy atom. The highest BCUT2D eigenvalue weighted by Crippen LogP contribution is 2.37. The molecule has 20 heavy (non-hydrogen) atoms. The highest BCUT2D eigenvalue weighted by Gasteiger charge is 2.09. The van der Waals surface area contributed by atoms with Gasteiger partial charge in [-0.25, -0.2) is 0 Å². The molecule has 0 heterocycles. The van der Waals surface area contributed by atoms with Gasteiger partial charge in [0, 0.05) is 0 Å². The first-order valence-electron chi connectivity index (χ1n) is 6.30. The molecule has 1 rings (SSSR count). The molecule has 0 atom stereocenters. The van der Waals surface area contributed by atoms with Crippen molar-refractivity contribution in [2.75, 3.05) is 13.2 Å². The van der Waals surface area contributed by atoms with Crippen molar-refractivity contribution < 1.29 is 9.47 Å². The highest BCUT2D eigenvalue weighted by molar-refractivity contribution is 9.11. The van der Waals surface area contributed by atoms with Gasteiger partial charge in [0.2, 0.25) is 0 Å². The molecule has 0 saturated carbocycles. The summed E-state index contributed by atoms with van der Waals surface area (Å²) in [6.45, 7) is 3.19. The first-order chi connectivity index (χ1) is 9.54. The fraction of sp³-hybridized carbons (Fsp3) is 0.429. The maximum Gasteiger partial charge on any atom is 0.147 e. The smallest absolute Gasteiger partial charge is 0.147 e. The van der Waals surface area contributed by atoms with Crippen LogP contribution in [0.25, 0.3) is 0 Å². The SMILES string of the molecule is CCCCCOc1c(Br)cc(OCC=C(Cl)Cl)cc1Br. The van der Waals surface area contributed by atoms with Gasteiger partial charge < -0.3 is 9.47 Å². The van der Waals surface area contributed by atoms with E-state index in [2.05, 4.69) is 38.8 Å². The molecule has 0 aromatic heterocycles. The molecule has 0 fully saturated rings. The van der Waals surface area contributed by atoms with E-state index in [0.717, 1.165) is 21.1 Å². The van der Waals surface area contributed by atoms with Gasteiger partial charge in [0.15, 0.2) is 0 Å². The number of hydrogen-bond acceptors (Lipinski definition) is 2. The second kappa shape index (κ2) is 9.93. The van der Waals surface area contributed by atoms with E-state index in [1.54, 1.807) is 6.08 Å². The maximum atomic E-state index is 5.76. The zero-order chi connectivity index (χ0) is 15.0. The van der Waals surface area contributed by atoms with Crippen molar-refractivity contribution in [2.45, 2.75) is 26.2 Å². The van der Waals surface area contributed by atoms with E-state index in [0.29, 0.717) is 19.0 Å². The number of benzene rings is 1. The van der Waals surface area contributed by atoms with Crippen LogP contribution in [0, 0.1) is 0 Å². The number of halogens is 4. The van der Waals surface area contributed by atoms with Gasteiger partial charge in [0.05, 0.1) is 15.6 Å². The molecule has 0 aliphatic carbocycles. The van der Waals surface area contributed by atoms with Crippen molar-refractivity contribution >= 4 is 55.1 Å². The molecule has 112 valence electrons. The minimum atomic E-state index is 0.194. The van der Waals surface area contributed by atoms with Crippen LogP contribution in [0.5, 0.6) is 11.5 Å². The maximum absolute atomic E-state index is 5.76. The molecule has 0 spiro atoms. The summed E-state index contributed by atoms with van der Waals surface area (Å²) in [5.41, 5.74) is 0. The summed E-state index contributed by atoms with van der Waals surface area (Å²) in [6.07, 6.45) is 4.98. The minimum absolute atomic E-state index is 0.194. The Hall–Kier alpha value is 0.1000. The van der Waals surface area contributed by atoms with Gasteiger partial charge in [0.1, 0.15) is 22.6 Å². The van der Waals surface area contributed by atoms with Crippen molar-refractivity contribution in [3.63, 3.8) is 0 Å². The lowest BCUT2D eigenvalue weighted by atomic mass is 10.3. The zero-order valence-corrected chi connectivity index (χ0v) is 15.8. The van der Waals surface area contributed by atoms with E-state index in [4.69, 9.17) is 32.7 Å². The molecular formula is C14H16Br2Cl2O2. The van der Waals surface area contributed by atoms with E-state index >= 15 is 0 Å². The fourth-order valence-electron chi connectivity index (χ4n) is 1.49. The lowest BCUT2D eigenvalue weighted by Crippen LogP contribution is -2.00. The van der Waals surface area contributed by atoms with E-state index in [9.17, 15) is 0 Å². The lowest BCUT2D eigenvalue weighted by molar-refractivity contribution is 0.301. The van der Waals surface area contributed by atoms with Gasteiger partial charge in [0.25, 0.3) is 0 Å². The average molecular weight is 447 g/mol. The molecule has 0 unspecified atom stereocenters. The number of rotatable bonds is 8. The lowest BCUT2D eigenvalue weighted by Gasteiger charge is -2.12. The molecule has 0 bridgehead atoms. The van der Waals surface area contributed by atoms with Crippen molar-refractivity contribution in [2.24, 2.45) is 0 Å². The molecule has 0 radical (unpaired) electrons. The Balaban J connectivity index is 2.63. The normalized spacial score (nSPS) is 10.2. The first-order valence-corrected chi connectivity index (χ1v) is 8.64. The summed E-state index contributed by atoms with van der Waals surface area (Å²) >= 11 is 18.0. The standard InChI is InChI=1S/C14H16Br2Cl2O2/c1-2-3-4-6-20-14-11(15)8-10(9-12(14)16)19-7-5-13(17)18/h5,8-9H,2-4,6-7H2,1H3. The topological polar surface area (TPSA) is 18.5 Å². The quantitative estimate of drug-likeness (QED) is 0.425. The van der Waals surface area contributed by atoms with Crippen LogP contribution in [-0.4, -0.2) is 13.2 Å². The van der Waals surface area contributed by atoms with Crippen molar-refractivity contribution in [1.82, 2.24) is 0 Å². The minimum Gasteiger partial charge on any atom is -0.491 e. The largest absolute Gasteiger partial charge is 0.491 e. The van der Waals surface area contributed by atoms with Crippen LogP contribution in [0.1, 0.15) is 26.2 Å². The van der Waals surface area contributed by atoms with Crippen LogP contribution < -0.4 is 9.47 Å². The summed E-state index contributed by atoms with van der Waals surface area (Å²) in [5, 5.41) is 0. The number of ether oxygens (including phenoxy) is 2. The van der Waals surface area contributed by atoms with Crippen LogP contribution in [-0.2, 0) is 0 Å². The highest BCUT2D eigenvalue weighted by atomic mass is 79.9. The fourth-order valence-corrected chi connectivity index (χ4v) is 2.98. The molecule has 6 heteroatoms. The predicted octanol–water partition coefficient (Wildman–Crippen LogP) is 6.48. The molecule has 0 amide bonds. The van der Waals surface area contributed by atoms with Gasteiger partial charge in [-0.05, 0) is 56.5 Å². The summed E-state index contributed by atoms with van der Waals surface area (Å²) in [4.78, 5) is 0. The number of unbranched alkanes of at least 4 members (excludes halogenated alkanes) is 2. The van der Waals surface area contributed by atoms with Crippen LogP contribution in [0.3, 0.4) is 0 Å². The molecular weight excluding hydrogens is 431 g/mol. The third-order valence-electron chi connectivity index (χ3n) is 2.45. The zero-order valence-electron chi connectivity index (χ0n) is 11.1. The monoisotopic (exact) mass is 444 g/mol. The van der Waals surface area contributed by atoms with Gasteiger partial charge in [-0.2, -0.15) is 0 Å². The Labute approximate surface area is 146 Å². The van der Waals surface area contributed by atoms with E-state index in [-0.39, 0.29) is 4.49 Å². The van der Waals surface area contributed by atoms with Gasteiger partial charge in [-0.1, -0.05) is 43.0 Å². The van der Waals surface area contributed by atoms with Crippen LogP contribution in [0.2, 0.25) is 0 Å². The molecule has 0 N–H and O–H groups in total.